The predicted octanol–water partition coefficient (Wildman–Crippen LogP) is 1.72. The second-order valence-electron chi connectivity index (χ2n) is 4.39. The zero-order valence-electron chi connectivity index (χ0n) is 12.8. The molecule has 0 aliphatic heterocycles. The monoisotopic (exact) mass is 279 g/mol. The van der Waals surface area contributed by atoms with Crippen molar-refractivity contribution in [2.45, 2.75) is 40.3 Å². The van der Waals surface area contributed by atoms with Crippen molar-refractivity contribution < 1.29 is 0 Å². The minimum absolute atomic E-state index is 0.130. The molecule has 0 unspecified atom stereocenters. The molecule has 0 radical (unpaired) electrons. The lowest BCUT2D eigenvalue weighted by Gasteiger charge is -2.13. The minimum atomic E-state index is -0.130. The van der Waals surface area contributed by atoms with Gasteiger partial charge in [0.25, 0.3) is 5.56 Å². The summed E-state index contributed by atoms with van der Waals surface area (Å²) in [5.41, 5.74) is 7.07. The third-order valence-corrected chi connectivity index (χ3v) is 3.19. The second-order valence-corrected chi connectivity index (χ2v) is 4.39. The van der Waals surface area contributed by atoms with Gasteiger partial charge >= 0.3 is 0 Å². The van der Waals surface area contributed by atoms with E-state index in [1.165, 1.54) is 0 Å². The first-order chi connectivity index (χ1) is 9.60. The summed E-state index contributed by atoms with van der Waals surface area (Å²) in [6.45, 7) is 7.89. The molecule has 3 N–H and O–H groups in total. The molecule has 0 aromatic carbocycles. The van der Waals surface area contributed by atoms with Crippen molar-refractivity contribution in [2.75, 3.05) is 24.6 Å². The fourth-order valence-electron chi connectivity index (χ4n) is 2.21. The first-order valence-corrected chi connectivity index (χ1v) is 7.01. The molecule has 0 atom stereocenters. The van der Waals surface area contributed by atoms with Crippen molar-refractivity contribution in [2.24, 2.45) is 4.99 Å². The summed E-state index contributed by atoms with van der Waals surface area (Å²) < 4.78 is 3.54. The molecule has 6 nitrogen and oxygen atoms in total. The zero-order chi connectivity index (χ0) is 15.1. The molecule has 1 heterocycles. The average Bonchev–Trinajstić information content (AvgIpc) is 2.69. The van der Waals surface area contributed by atoms with Gasteiger partial charge in [0.05, 0.1) is 0 Å². The molecule has 0 bridgehead atoms. The summed E-state index contributed by atoms with van der Waals surface area (Å²) in [4.78, 5) is 16.2. The van der Waals surface area contributed by atoms with Crippen LogP contribution in [0.2, 0.25) is 0 Å². The number of aliphatic imine (C=N–C) groups is 1. The van der Waals surface area contributed by atoms with E-state index in [0.29, 0.717) is 25.5 Å². The number of nitrogens with two attached hydrogens (primary N) is 1. The van der Waals surface area contributed by atoms with Crippen LogP contribution in [0.25, 0.3) is 0 Å². The van der Waals surface area contributed by atoms with E-state index in [0.717, 1.165) is 12.1 Å². The highest BCUT2D eigenvalue weighted by Gasteiger charge is 2.15. The number of nitrogens with zero attached hydrogens (tertiary/aromatic N) is 3. The lowest BCUT2D eigenvalue weighted by Crippen LogP contribution is -2.22. The van der Waals surface area contributed by atoms with E-state index < -0.39 is 0 Å². The standard InChI is InChI=1S/C14H25N5O/c1-5-8-11(16-4)9-10-17-13-12(15)14(20)19(7-3)18(13)6-2/h5,8,17H,6-7,9-10,15H2,1-4H3/b8-5-,16-11-. The van der Waals surface area contributed by atoms with E-state index in [4.69, 9.17) is 5.73 Å². The van der Waals surface area contributed by atoms with Gasteiger partial charge in [0, 0.05) is 38.8 Å². The van der Waals surface area contributed by atoms with Crippen LogP contribution in [0, 0.1) is 0 Å². The summed E-state index contributed by atoms with van der Waals surface area (Å²) in [7, 11) is 1.78. The highest BCUT2D eigenvalue weighted by molar-refractivity contribution is 5.95. The smallest absolute Gasteiger partial charge is 0.292 e. The fourth-order valence-corrected chi connectivity index (χ4v) is 2.21. The molecule has 112 valence electrons. The second kappa shape index (κ2) is 7.57. The van der Waals surface area contributed by atoms with E-state index in [-0.39, 0.29) is 11.2 Å². The molecule has 0 fully saturated rings. The number of hydrogen-bond donors (Lipinski definition) is 2. The SMILES string of the molecule is C/C=C\C(CCNc1c(N)c(=O)n(CC)n1CC)=N\C. The van der Waals surface area contributed by atoms with E-state index >= 15 is 0 Å². The Balaban J connectivity index is 2.86. The number of hydrogen-bond acceptors (Lipinski definition) is 4. The maximum Gasteiger partial charge on any atom is 0.292 e. The van der Waals surface area contributed by atoms with Crippen LogP contribution in [0.3, 0.4) is 0 Å². The van der Waals surface area contributed by atoms with Crippen LogP contribution in [0.5, 0.6) is 0 Å². The Morgan fingerprint density at radius 3 is 2.50 bits per heavy atom. The number of allylic oxidation sites excluding steroid dienone is 2. The highest BCUT2D eigenvalue weighted by Crippen LogP contribution is 2.15. The quantitative estimate of drug-likeness (QED) is 0.746. The molecule has 1 aromatic heterocycles. The van der Waals surface area contributed by atoms with E-state index in [1.54, 1.807) is 11.7 Å². The molecule has 0 saturated heterocycles. The number of nitrogen functional groups attached to an aromatic ring is 1. The van der Waals surface area contributed by atoms with Gasteiger partial charge in [-0.3, -0.25) is 14.5 Å². The Bertz CT molecular complexity index is 551. The maximum absolute atomic E-state index is 12.0. The molecule has 6 heteroatoms. The largest absolute Gasteiger partial charge is 0.391 e. The van der Waals surface area contributed by atoms with Crippen molar-refractivity contribution in [3.05, 3.63) is 22.5 Å². The first-order valence-electron chi connectivity index (χ1n) is 7.01. The number of aromatic nitrogens is 2. The molecule has 0 aliphatic carbocycles. The lowest BCUT2D eigenvalue weighted by atomic mass is 10.2. The number of anilines is 2. The summed E-state index contributed by atoms with van der Waals surface area (Å²) in [6.07, 6.45) is 4.73. The van der Waals surface area contributed by atoms with Crippen molar-refractivity contribution in [3.8, 4) is 0 Å². The molecule has 0 spiro atoms. The van der Waals surface area contributed by atoms with Crippen molar-refractivity contribution >= 4 is 17.2 Å². The minimum Gasteiger partial charge on any atom is -0.391 e. The van der Waals surface area contributed by atoms with Crippen molar-refractivity contribution in [3.63, 3.8) is 0 Å². The van der Waals surface area contributed by atoms with Crippen LogP contribution >= 0.6 is 0 Å². The van der Waals surface area contributed by atoms with Crippen LogP contribution in [-0.4, -0.2) is 28.7 Å². The molecular formula is C14H25N5O. The van der Waals surface area contributed by atoms with E-state index in [1.807, 2.05) is 37.6 Å². The Morgan fingerprint density at radius 1 is 1.35 bits per heavy atom. The summed E-state index contributed by atoms with van der Waals surface area (Å²) >= 11 is 0. The van der Waals surface area contributed by atoms with Crippen LogP contribution in [-0.2, 0) is 13.1 Å². The molecule has 0 saturated carbocycles. The third-order valence-electron chi connectivity index (χ3n) is 3.19. The van der Waals surface area contributed by atoms with E-state index in [2.05, 4.69) is 10.3 Å². The van der Waals surface area contributed by atoms with Gasteiger partial charge in [-0.15, -0.1) is 0 Å². The summed E-state index contributed by atoms with van der Waals surface area (Å²) in [5.74, 6) is 0.704. The molecule has 20 heavy (non-hydrogen) atoms. The molecule has 1 aromatic rings. The third kappa shape index (κ3) is 3.31. The Morgan fingerprint density at radius 2 is 2.00 bits per heavy atom. The van der Waals surface area contributed by atoms with Gasteiger partial charge in [-0.25, -0.2) is 4.68 Å². The predicted molar refractivity (Wildman–Crippen MR) is 85.7 cm³/mol. The van der Waals surface area contributed by atoms with Crippen molar-refractivity contribution in [1.29, 1.82) is 0 Å². The molecule has 0 aliphatic rings. The number of rotatable bonds is 7. The summed E-state index contributed by atoms with van der Waals surface area (Å²) in [6, 6.07) is 0. The lowest BCUT2D eigenvalue weighted by molar-refractivity contribution is 0.481. The average molecular weight is 279 g/mol. The van der Waals surface area contributed by atoms with Crippen LogP contribution < -0.4 is 16.6 Å². The first kappa shape index (κ1) is 16.1. The Hall–Kier alpha value is -1.98. The molecular weight excluding hydrogens is 254 g/mol. The normalized spacial score (nSPS) is 12.3. The summed E-state index contributed by atoms with van der Waals surface area (Å²) in [5, 5.41) is 3.25. The van der Waals surface area contributed by atoms with Crippen LogP contribution in [0.15, 0.2) is 21.9 Å². The Kier molecular flexibility index (Phi) is 6.09. The van der Waals surface area contributed by atoms with Crippen molar-refractivity contribution in [1.82, 2.24) is 9.36 Å². The number of nitrogens with one attached hydrogen (secondary N) is 1. The van der Waals surface area contributed by atoms with E-state index in [9.17, 15) is 4.79 Å². The van der Waals surface area contributed by atoms with Gasteiger partial charge in [0.15, 0.2) is 0 Å². The van der Waals surface area contributed by atoms with Gasteiger partial charge in [-0.05, 0) is 26.8 Å². The maximum atomic E-state index is 12.0. The highest BCUT2D eigenvalue weighted by atomic mass is 16.1. The van der Waals surface area contributed by atoms with Gasteiger partial charge in [-0.2, -0.15) is 0 Å². The van der Waals surface area contributed by atoms with Gasteiger partial charge in [0.2, 0.25) is 0 Å². The van der Waals surface area contributed by atoms with Gasteiger partial charge in [-0.1, -0.05) is 6.08 Å². The zero-order valence-corrected chi connectivity index (χ0v) is 12.8. The topological polar surface area (TPSA) is 77.3 Å². The van der Waals surface area contributed by atoms with Crippen LogP contribution in [0.4, 0.5) is 11.5 Å². The molecule has 1 rings (SSSR count). The Labute approximate surface area is 120 Å². The fraction of sp³-hybridized carbons (Fsp3) is 0.571. The van der Waals surface area contributed by atoms with Gasteiger partial charge in [0.1, 0.15) is 11.5 Å². The van der Waals surface area contributed by atoms with Crippen LogP contribution in [0.1, 0.15) is 27.2 Å². The molecule has 0 amide bonds. The van der Waals surface area contributed by atoms with Gasteiger partial charge < -0.3 is 11.1 Å².